The molecule has 48 heavy (non-hydrogen) atoms. The van der Waals surface area contributed by atoms with E-state index in [9.17, 15) is 24.3 Å². The number of aromatic nitrogens is 3. The van der Waals surface area contributed by atoms with Crippen molar-refractivity contribution in [2.24, 2.45) is 11.8 Å². The van der Waals surface area contributed by atoms with Crippen molar-refractivity contribution < 1.29 is 38.2 Å². The predicted octanol–water partition coefficient (Wildman–Crippen LogP) is 3.54. The van der Waals surface area contributed by atoms with Crippen molar-refractivity contribution in [3.63, 3.8) is 0 Å². The Morgan fingerprint density at radius 1 is 1.27 bits per heavy atom. The molecule has 3 amide bonds. The molecule has 0 spiro atoms. The third-order valence-corrected chi connectivity index (χ3v) is 7.84. The standard InChI is InChI=1S/C34H42N6O8/c1-21-7-5-11-37-29(42)10-9-23(3)31(24(4)19-47-34(45)39-28-18-35-12-13-36-28)48-33(44)27-8-6-14-40(27)32(43)26-20-46-30(38-26)17-22(2)16-25(41)15-21/h5,7,9-10,12-13,15,18,20,23-25,27,31,41H,2,6,8,11,14,16-17,19H2,1,3-4H3,(H,37,42)(H,36,39,45)/b7-5+,10-9+,21-15+/t23-,24+,25-,27-,31+/m1/s1. The average molecular weight is 663 g/mol. The monoisotopic (exact) mass is 662 g/mol. The predicted molar refractivity (Wildman–Crippen MR) is 174 cm³/mol. The van der Waals surface area contributed by atoms with Gasteiger partial charge in [0, 0.05) is 43.7 Å². The van der Waals surface area contributed by atoms with Crippen LogP contribution in [-0.2, 0) is 25.5 Å². The largest absolute Gasteiger partial charge is 0.460 e. The summed E-state index contributed by atoms with van der Waals surface area (Å²) >= 11 is 0. The van der Waals surface area contributed by atoms with Crippen LogP contribution in [0, 0.1) is 11.8 Å². The first-order valence-electron chi connectivity index (χ1n) is 15.8. The molecule has 14 nitrogen and oxygen atoms in total. The van der Waals surface area contributed by atoms with Gasteiger partial charge in [-0.15, -0.1) is 0 Å². The number of hydrogen-bond acceptors (Lipinski definition) is 11. The first-order chi connectivity index (χ1) is 23.0. The molecule has 5 atom stereocenters. The Morgan fingerprint density at radius 2 is 2.08 bits per heavy atom. The number of carbonyl (C=O) groups is 4. The number of ether oxygens (including phenoxy) is 2. The number of esters is 1. The zero-order valence-corrected chi connectivity index (χ0v) is 27.3. The molecule has 3 N–H and O–H groups in total. The number of cyclic esters (lactones) is 1. The highest BCUT2D eigenvalue weighted by Gasteiger charge is 2.39. The number of nitrogens with zero attached hydrogens (tertiary/aromatic N) is 4. The Kier molecular flexibility index (Phi) is 12.8. The van der Waals surface area contributed by atoms with E-state index in [0.717, 1.165) is 5.57 Å². The summed E-state index contributed by atoms with van der Waals surface area (Å²) in [6.45, 7) is 9.81. The van der Waals surface area contributed by atoms with Gasteiger partial charge in [0.1, 0.15) is 18.4 Å². The molecule has 14 heteroatoms. The van der Waals surface area contributed by atoms with E-state index >= 15 is 0 Å². The summed E-state index contributed by atoms with van der Waals surface area (Å²) < 4.78 is 17.0. The Balaban J connectivity index is 1.54. The Labute approximate surface area is 279 Å². The minimum atomic E-state index is -0.874. The minimum absolute atomic E-state index is 0.0482. The fourth-order valence-electron chi connectivity index (χ4n) is 5.46. The van der Waals surface area contributed by atoms with Crippen LogP contribution < -0.4 is 10.6 Å². The molecule has 256 valence electrons. The van der Waals surface area contributed by atoms with Crippen molar-refractivity contribution in [3.8, 4) is 0 Å². The molecule has 2 aliphatic heterocycles. The van der Waals surface area contributed by atoms with Crippen LogP contribution in [0.25, 0.3) is 0 Å². The topological polar surface area (TPSA) is 186 Å². The maximum absolute atomic E-state index is 13.6. The van der Waals surface area contributed by atoms with E-state index in [0.29, 0.717) is 25.0 Å². The van der Waals surface area contributed by atoms with Gasteiger partial charge in [0.15, 0.2) is 17.4 Å². The average Bonchev–Trinajstić information content (AvgIpc) is 3.73. The summed E-state index contributed by atoms with van der Waals surface area (Å²) in [5.74, 6) is -1.98. The van der Waals surface area contributed by atoms with Crippen molar-refractivity contribution in [2.45, 2.75) is 64.7 Å². The number of carbonyl (C=O) groups excluding carboxylic acids is 4. The van der Waals surface area contributed by atoms with Gasteiger partial charge < -0.3 is 29.2 Å². The number of aliphatic hydroxyl groups excluding tert-OH is 1. The zero-order valence-electron chi connectivity index (χ0n) is 27.3. The van der Waals surface area contributed by atoms with Crippen LogP contribution in [0.15, 0.2) is 77.4 Å². The molecule has 0 aliphatic carbocycles. The van der Waals surface area contributed by atoms with Crippen molar-refractivity contribution in [1.29, 1.82) is 0 Å². The molecule has 0 saturated carbocycles. The third-order valence-electron chi connectivity index (χ3n) is 7.84. The van der Waals surface area contributed by atoms with Crippen molar-refractivity contribution in [3.05, 3.63) is 84.5 Å². The van der Waals surface area contributed by atoms with Gasteiger partial charge in [-0.3, -0.25) is 19.9 Å². The first-order valence-corrected chi connectivity index (χ1v) is 15.8. The van der Waals surface area contributed by atoms with Crippen LogP contribution in [-0.4, -0.2) is 86.8 Å². The highest BCUT2D eigenvalue weighted by Crippen LogP contribution is 2.26. The third kappa shape index (κ3) is 10.5. The van der Waals surface area contributed by atoms with E-state index in [1.165, 1.54) is 35.8 Å². The fourth-order valence-corrected chi connectivity index (χ4v) is 5.46. The maximum Gasteiger partial charge on any atom is 0.412 e. The number of anilines is 1. The number of rotatable bonds is 4. The quantitative estimate of drug-likeness (QED) is 0.321. The van der Waals surface area contributed by atoms with E-state index in [1.807, 2.05) is 6.92 Å². The number of allylic oxidation sites excluding steroid dienone is 2. The van der Waals surface area contributed by atoms with Crippen LogP contribution in [0.5, 0.6) is 0 Å². The van der Waals surface area contributed by atoms with Crippen molar-refractivity contribution in [2.75, 3.05) is 25.0 Å². The van der Waals surface area contributed by atoms with E-state index in [-0.39, 0.29) is 49.3 Å². The highest BCUT2D eigenvalue weighted by molar-refractivity contribution is 5.95. The van der Waals surface area contributed by atoms with Crippen molar-refractivity contribution in [1.82, 2.24) is 25.2 Å². The van der Waals surface area contributed by atoms with Crippen LogP contribution in [0.2, 0.25) is 0 Å². The van der Waals surface area contributed by atoms with E-state index < -0.39 is 48.1 Å². The summed E-state index contributed by atoms with van der Waals surface area (Å²) in [7, 11) is 0. The van der Waals surface area contributed by atoms with Gasteiger partial charge >= 0.3 is 12.1 Å². The molecule has 4 rings (SSSR count). The molecule has 0 unspecified atom stereocenters. The number of nitrogens with one attached hydrogen (secondary N) is 2. The zero-order chi connectivity index (χ0) is 34.6. The van der Waals surface area contributed by atoms with Gasteiger partial charge in [0.25, 0.3) is 5.91 Å². The molecule has 2 aromatic heterocycles. The summed E-state index contributed by atoms with van der Waals surface area (Å²) in [4.78, 5) is 65.8. The summed E-state index contributed by atoms with van der Waals surface area (Å²) in [5, 5.41) is 15.7. The van der Waals surface area contributed by atoms with Gasteiger partial charge in [0.05, 0.1) is 18.9 Å². The number of fused-ring (bicyclic) bond motifs is 3. The van der Waals surface area contributed by atoms with E-state index in [1.54, 1.807) is 38.2 Å². The van der Waals surface area contributed by atoms with Gasteiger partial charge in [0.2, 0.25) is 5.91 Å². The normalized spacial score (nSPS) is 26.2. The summed E-state index contributed by atoms with van der Waals surface area (Å²) in [6.07, 6.45) is 12.7. The summed E-state index contributed by atoms with van der Waals surface area (Å²) in [6, 6.07) is -0.874. The molecule has 2 aliphatic rings. The smallest absolute Gasteiger partial charge is 0.412 e. The van der Waals surface area contributed by atoms with Gasteiger partial charge in [-0.1, -0.05) is 55.9 Å². The number of aliphatic hydroxyl groups is 1. The lowest BCUT2D eigenvalue weighted by Gasteiger charge is -2.30. The molecule has 1 fully saturated rings. The van der Waals surface area contributed by atoms with Gasteiger partial charge in [-0.25, -0.2) is 19.6 Å². The molecule has 4 heterocycles. The molecule has 0 aromatic carbocycles. The molecular formula is C34H42N6O8. The van der Waals surface area contributed by atoms with Crippen molar-refractivity contribution >= 4 is 29.7 Å². The fraction of sp³-hybridized carbons (Fsp3) is 0.441. The van der Waals surface area contributed by atoms with Crippen LogP contribution in [0.1, 0.15) is 56.4 Å². The molecule has 0 radical (unpaired) electrons. The lowest BCUT2D eigenvalue weighted by molar-refractivity contribution is -0.159. The number of oxazole rings is 1. The second-order valence-corrected chi connectivity index (χ2v) is 12.0. The SMILES string of the molecule is C=C1Cc2nc(co2)C(=O)N2CCC[C@@H]2C(=O)O[C@H]([C@@H](C)COC(=O)Nc2cnccn2)[C@H](C)/C=C/C(=O)NC/C=C/C(C)=C/[C@@H](O)C1. The van der Waals surface area contributed by atoms with Crippen LogP contribution >= 0.6 is 0 Å². The lowest BCUT2D eigenvalue weighted by Crippen LogP contribution is -2.44. The van der Waals surface area contributed by atoms with Crippen LogP contribution in [0.4, 0.5) is 10.6 Å². The maximum atomic E-state index is 13.6. The van der Waals surface area contributed by atoms with Gasteiger partial charge in [-0.05, 0) is 32.3 Å². The Hall–Kier alpha value is -5.11. The van der Waals surface area contributed by atoms with E-state index in [4.69, 9.17) is 13.9 Å². The van der Waals surface area contributed by atoms with Crippen LogP contribution in [0.3, 0.4) is 0 Å². The highest BCUT2D eigenvalue weighted by atomic mass is 16.6. The first kappa shape index (κ1) is 35.7. The Bertz CT molecular complexity index is 1550. The Morgan fingerprint density at radius 3 is 2.85 bits per heavy atom. The number of amides is 3. The summed E-state index contributed by atoms with van der Waals surface area (Å²) in [5.41, 5.74) is 1.50. The second-order valence-electron chi connectivity index (χ2n) is 12.0. The molecule has 2 aromatic rings. The second kappa shape index (κ2) is 17.2. The molecule has 1 saturated heterocycles. The molecule has 2 bridgehead atoms. The molecular weight excluding hydrogens is 620 g/mol. The number of hydrogen-bond donors (Lipinski definition) is 3. The lowest BCUT2D eigenvalue weighted by atomic mass is 9.93. The minimum Gasteiger partial charge on any atom is -0.460 e. The van der Waals surface area contributed by atoms with Gasteiger partial charge in [-0.2, -0.15) is 0 Å². The van der Waals surface area contributed by atoms with E-state index in [2.05, 4.69) is 32.2 Å².